The summed E-state index contributed by atoms with van der Waals surface area (Å²) in [5.41, 5.74) is 0. The highest BCUT2D eigenvalue weighted by atomic mass is 31.2. The minimum atomic E-state index is -4.38. The van der Waals surface area contributed by atoms with Gasteiger partial charge >= 0.3 is 19.8 Å². The first-order chi connectivity index (χ1) is 29.0. The molecule has 0 aromatic rings. The fourth-order valence-corrected chi connectivity index (χ4v) is 7.75. The molecule has 354 valence electrons. The van der Waals surface area contributed by atoms with Crippen LogP contribution in [0.5, 0.6) is 0 Å². The minimum absolute atomic E-state index is 0.0324. The minimum Gasteiger partial charge on any atom is -0.462 e. The van der Waals surface area contributed by atoms with Gasteiger partial charge < -0.3 is 18.9 Å². The van der Waals surface area contributed by atoms with Gasteiger partial charge in [-0.2, -0.15) is 0 Å². The zero-order chi connectivity index (χ0) is 44.3. The van der Waals surface area contributed by atoms with Gasteiger partial charge in [0.15, 0.2) is 6.10 Å². The standard InChI is InChI=1S/C50H96NO8P/c1-6-8-10-12-14-16-18-20-22-23-24-25-26-27-29-30-32-34-36-38-40-42-49(52)56-46-48(47-58-60(54,55)57-45-44-51(3,4)5)59-50(53)43-41-39-37-35-33-31-28-21-19-17-15-13-11-9-7-2/h17,19-20,22,48H,6-16,18,21,23-47H2,1-5H3/p+1/b19-17-,22-20-/t48-/m1/s1. The Bertz CT molecular complexity index is 1070. The fourth-order valence-electron chi connectivity index (χ4n) is 7.00. The monoisotopic (exact) mass is 871 g/mol. The largest absolute Gasteiger partial charge is 0.472 e. The molecule has 0 fully saturated rings. The quantitative estimate of drug-likeness (QED) is 0.0212. The van der Waals surface area contributed by atoms with Crippen molar-refractivity contribution in [3.63, 3.8) is 0 Å². The lowest BCUT2D eigenvalue weighted by atomic mass is 10.0. The molecule has 10 heteroatoms. The molecular formula is C50H97NO8P+. The first-order valence-corrected chi connectivity index (χ1v) is 26.6. The van der Waals surface area contributed by atoms with E-state index in [2.05, 4.69) is 38.2 Å². The number of likely N-dealkylation sites (N-methyl/N-ethyl adjacent to an activating group) is 1. The predicted octanol–water partition coefficient (Wildman–Crippen LogP) is 14.7. The van der Waals surface area contributed by atoms with Crippen LogP contribution in [-0.2, 0) is 32.7 Å². The number of unbranched alkanes of at least 4 members (excludes halogenated alkanes) is 28. The molecule has 2 atom stereocenters. The summed E-state index contributed by atoms with van der Waals surface area (Å²) in [6.07, 6.45) is 47.9. The van der Waals surface area contributed by atoms with Crippen LogP contribution in [0.1, 0.15) is 232 Å². The van der Waals surface area contributed by atoms with Crippen LogP contribution in [0.2, 0.25) is 0 Å². The van der Waals surface area contributed by atoms with Crippen molar-refractivity contribution in [2.75, 3.05) is 47.5 Å². The number of quaternary nitrogens is 1. The molecule has 1 unspecified atom stereocenters. The van der Waals surface area contributed by atoms with E-state index in [9.17, 15) is 19.0 Å². The molecule has 0 aliphatic rings. The maximum atomic E-state index is 12.7. The Morgan fingerprint density at radius 2 is 0.850 bits per heavy atom. The molecule has 0 rings (SSSR count). The lowest BCUT2D eigenvalue weighted by Crippen LogP contribution is -2.37. The van der Waals surface area contributed by atoms with E-state index >= 15 is 0 Å². The van der Waals surface area contributed by atoms with E-state index in [1.54, 1.807) is 0 Å². The summed E-state index contributed by atoms with van der Waals surface area (Å²) in [5, 5.41) is 0. The van der Waals surface area contributed by atoms with Gasteiger partial charge in [-0.3, -0.25) is 18.6 Å². The highest BCUT2D eigenvalue weighted by molar-refractivity contribution is 7.47. The zero-order valence-corrected chi connectivity index (χ0v) is 40.9. The lowest BCUT2D eigenvalue weighted by molar-refractivity contribution is -0.870. The van der Waals surface area contributed by atoms with Gasteiger partial charge in [-0.1, -0.05) is 179 Å². The predicted molar refractivity (Wildman–Crippen MR) is 252 cm³/mol. The molecule has 0 radical (unpaired) electrons. The van der Waals surface area contributed by atoms with Crippen LogP contribution < -0.4 is 0 Å². The third-order valence-electron chi connectivity index (χ3n) is 11.0. The molecule has 0 bridgehead atoms. The van der Waals surface area contributed by atoms with E-state index in [1.165, 1.54) is 154 Å². The Labute approximate surface area is 370 Å². The van der Waals surface area contributed by atoms with Crippen molar-refractivity contribution >= 4 is 19.8 Å². The van der Waals surface area contributed by atoms with Crippen LogP contribution in [-0.4, -0.2) is 74.9 Å². The Morgan fingerprint density at radius 3 is 1.25 bits per heavy atom. The molecule has 0 spiro atoms. The molecule has 0 aliphatic carbocycles. The van der Waals surface area contributed by atoms with Gasteiger partial charge in [-0.25, -0.2) is 4.57 Å². The van der Waals surface area contributed by atoms with Gasteiger partial charge in [0.1, 0.15) is 19.8 Å². The Balaban J connectivity index is 4.23. The number of ether oxygens (including phenoxy) is 2. The molecule has 0 aromatic heterocycles. The van der Waals surface area contributed by atoms with Crippen LogP contribution in [0.25, 0.3) is 0 Å². The number of esters is 2. The van der Waals surface area contributed by atoms with Gasteiger partial charge in [0, 0.05) is 12.8 Å². The zero-order valence-electron chi connectivity index (χ0n) is 40.0. The first kappa shape index (κ1) is 58.5. The summed E-state index contributed by atoms with van der Waals surface area (Å²) >= 11 is 0. The fraction of sp³-hybridized carbons (Fsp3) is 0.880. The number of hydrogen-bond acceptors (Lipinski definition) is 7. The number of allylic oxidation sites excluding steroid dienone is 4. The van der Waals surface area contributed by atoms with Gasteiger partial charge in [0.2, 0.25) is 0 Å². The third kappa shape index (κ3) is 46.0. The summed E-state index contributed by atoms with van der Waals surface area (Å²) < 4.78 is 34.4. The van der Waals surface area contributed by atoms with Crippen molar-refractivity contribution in [1.29, 1.82) is 0 Å². The number of phosphoric ester groups is 1. The average molecular weight is 871 g/mol. The summed E-state index contributed by atoms with van der Waals surface area (Å²) in [6.45, 7) is 4.43. The number of rotatable bonds is 46. The van der Waals surface area contributed by atoms with E-state index in [0.717, 1.165) is 44.9 Å². The van der Waals surface area contributed by atoms with Crippen LogP contribution in [0, 0.1) is 0 Å². The van der Waals surface area contributed by atoms with Gasteiger partial charge in [0.05, 0.1) is 27.7 Å². The van der Waals surface area contributed by atoms with Crippen LogP contribution in [0.3, 0.4) is 0 Å². The molecule has 0 aliphatic heterocycles. The van der Waals surface area contributed by atoms with E-state index in [0.29, 0.717) is 17.4 Å². The highest BCUT2D eigenvalue weighted by Gasteiger charge is 2.27. The normalized spacial score (nSPS) is 13.6. The molecule has 0 heterocycles. The SMILES string of the molecule is CCCCCC/C=C\CCCCCCCCCC(=O)O[C@H](COC(=O)CCCCCCCCCCCCC/C=C\CCCCCCCC)COP(=O)(O)OCC[N+](C)(C)C. The Kier molecular flexibility index (Phi) is 41.7. The maximum Gasteiger partial charge on any atom is 0.472 e. The Morgan fingerprint density at radius 1 is 0.500 bits per heavy atom. The van der Waals surface area contributed by atoms with Crippen molar-refractivity contribution < 1.29 is 42.1 Å². The van der Waals surface area contributed by atoms with E-state index < -0.39 is 26.5 Å². The summed E-state index contributed by atoms with van der Waals surface area (Å²) in [6, 6.07) is 0. The molecule has 0 amide bonds. The molecule has 0 saturated carbocycles. The number of nitrogens with zero attached hydrogens (tertiary/aromatic N) is 1. The molecule has 0 saturated heterocycles. The number of phosphoric acid groups is 1. The van der Waals surface area contributed by atoms with Crippen LogP contribution in [0.15, 0.2) is 24.3 Å². The molecular weight excluding hydrogens is 774 g/mol. The number of carbonyl (C=O) groups is 2. The highest BCUT2D eigenvalue weighted by Crippen LogP contribution is 2.43. The van der Waals surface area contributed by atoms with Crippen molar-refractivity contribution in [2.45, 2.75) is 238 Å². The molecule has 60 heavy (non-hydrogen) atoms. The first-order valence-electron chi connectivity index (χ1n) is 25.1. The van der Waals surface area contributed by atoms with E-state index in [4.69, 9.17) is 18.5 Å². The van der Waals surface area contributed by atoms with Crippen molar-refractivity contribution in [2.24, 2.45) is 0 Å². The van der Waals surface area contributed by atoms with E-state index in [1.807, 2.05) is 21.1 Å². The van der Waals surface area contributed by atoms with Gasteiger partial charge in [-0.05, 0) is 64.2 Å². The Hall–Kier alpha value is -1.51. The van der Waals surface area contributed by atoms with Crippen LogP contribution >= 0.6 is 7.82 Å². The lowest BCUT2D eigenvalue weighted by Gasteiger charge is -2.24. The average Bonchev–Trinajstić information content (AvgIpc) is 3.20. The summed E-state index contributed by atoms with van der Waals surface area (Å²) in [4.78, 5) is 35.5. The topological polar surface area (TPSA) is 108 Å². The maximum absolute atomic E-state index is 12.7. The second-order valence-electron chi connectivity index (χ2n) is 18.2. The van der Waals surface area contributed by atoms with Gasteiger partial charge in [-0.15, -0.1) is 0 Å². The molecule has 1 N–H and O–H groups in total. The number of carbonyl (C=O) groups excluding carboxylic acids is 2. The smallest absolute Gasteiger partial charge is 0.462 e. The van der Waals surface area contributed by atoms with Crippen molar-refractivity contribution in [3.8, 4) is 0 Å². The third-order valence-corrected chi connectivity index (χ3v) is 11.9. The van der Waals surface area contributed by atoms with Crippen molar-refractivity contribution in [1.82, 2.24) is 0 Å². The second kappa shape index (κ2) is 42.8. The summed E-state index contributed by atoms with van der Waals surface area (Å²) in [7, 11) is 1.48. The van der Waals surface area contributed by atoms with Crippen LogP contribution in [0.4, 0.5) is 0 Å². The second-order valence-corrected chi connectivity index (χ2v) is 19.6. The van der Waals surface area contributed by atoms with Gasteiger partial charge in [0.25, 0.3) is 0 Å². The number of hydrogen-bond donors (Lipinski definition) is 1. The molecule has 9 nitrogen and oxygen atoms in total. The molecule has 0 aromatic carbocycles. The summed E-state index contributed by atoms with van der Waals surface area (Å²) in [5.74, 6) is -0.796. The van der Waals surface area contributed by atoms with E-state index in [-0.39, 0.29) is 32.0 Å². The van der Waals surface area contributed by atoms with Crippen molar-refractivity contribution in [3.05, 3.63) is 24.3 Å².